The van der Waals surface area contributed by atoms with Gasteiger partial charge in [-0.25, -0.2) is 12.8 Å². The molecular formula is C16H18FN3O4S2. The smallest absolute Gasteiger partial charge is 0.251 e. The number of primary amides is 1. The van der Waals surface area contributed by atoms with Crippen LogP contribution in [0.2, 0.25) is 0 Å². The zero-order valence-electron chi connectivity index (χ0n) is 14.1. The van der Waals surface area contributed by atoms with E-state index in [4.69, 9.17) is 5.73 Å². The first-order chi connectivity index (χ1) is 12.1. The summed E-state index contributed by atoms with van der Waals surface area (Å²) in [4.78, 5) is 24.5. The second-order valence-electron chi connectivity index (χ2n) is 5.49. The molecule has 0 spiro atoms. The zero-order chi connectivity index (χ0) is 19.5. The molecule has 0 radical (unpaired) electrons. The van der Waals surface area contributed by atoms with E-state index in [-0.39, 0.29) is 21.9 Å². The zero-order valence-corrected chi connectivity index (χ0v) is 15.7. The summed E-state index contributed by atoms with van der Waals surface area (Å²) in [5.74, 6) is -1.88. The van der Waals surface area contributed by atoms with Gasteiger partial charge in [0.2, 0.25) is 15.9 Å². The fraction of sp³-hybridized carbons (Fsp3) is 0.250. The standard InChI is InChI=1S/C16H18FN3O4S2/c1-3-13(20-26(23,24)11-6-4-10(17)5-7-11)15(22)19-16-12(14(18)21)8-9(2)25-16/h4-8,13,20H,3H2,1-2H3,(H2,18,21)(H,19,22). The van der Waals surface area contributed by atoms with Gasteiger partial charge in [0.15, 0.2) is 0 Å². The fourth-order valence-corrected chi connectivity index (χ4v) is 4.38. The highest BCUT2D eigenvalue weighted by Gasteiger charge is 2.26. The number of rotatable bonds is 7. The predicted octanol–water partition coefficient (Wildman–Crippen LogP) is 1.99. The number of hydrogen-bond donors (Lipinski definition) is 3. The Labute approximate surface area is 154 Å². The molecule has 1 aromatic heterocycles. The average Bonchev–Trinajstić information content (AvgIpc) is 2.93. The summed E-state index contributed by atoms with van der Waals surface area (Å²) in [5.41, 5.74) is 5.44. The lowest BCUT2D eigenvalue weighted by Crippen LogP contribution is -2.43. The normalized spacial score (nSPS) is 12.6. The Morgan fingerprint density at radius 3 is 2.42 bits per heavy atom. The number of thiophene rings is 1. The van der Waals surface area contributed by atoms with Crippen molar-refractivity contribution in [3.63, 3.8) is 0 Å². The van der Waals surface area contributed by atoms with Gasteiger partial charge in [-0.05, 0) is 43.7 Å². The van der Waals surface area contributed by atoms with Gasteiger partial charge in [-0.15, -0.1) is 11.3 Å². The highest BCUT2D eigenvalue weighted by molar-refractivity contribution is 7.89. The third kappa shape index (κ3) is 4.65. The number of anilines is 1. The summed E-state index contributed by atoms with van der Waals surface area (Å²) in [6.45, 7) is 3.38. The van der Waals surface area contributed by atoms with Crippen LogP contribution in [0.1, 0.15) is 28.6 Å². The van der Waals surface area contributed by atoms with Crippen molar-refractivity contribution in [1.29, 1.82) is 0 Å². The number of carbonyl (C=O) groups is 2. The van der Waals surface area contributed by atoms with Crippen LogP contribution in [-0.4, -0.2) is 26.3 Å². The molecular weight excluding hydrogens is 381 g/mol. The maximum absolute atomic E-state index is 13.0. The molecule has 7 nitrogen and oxygen atoms in total. The van der Waals surface area contributed by atoms with Gasteiger partial charge in [0.25, 0.3) is 5.91 Å². The Morgan fingerprint density at radius 1 is 1.27 bits per heavy atom. The van der Waals surface area contributed by atoms with Crippen molar-refractivity contribution in [2.24, 2.45) is 5.73 Å². The second-order valence-corrected chi connectivity index (χ2v) is 8.46. The molecule has 140 valence electrons. The Bertz CT molecular complexity index is 923. The highest BCUT2D eigenvalue weighted by Crippen LogP contribution is 2.27. The van der Waals surface area contributed by atoms with Crippen LogP contribution < -0.4 is 15.8 Å². The largest absolute Gasteiger partial charge is 0.366 e. The molecule has 0 aliphatic carbocycles. The molecule has 1 unspecified atom stereocenters. The van der Waals surface area contributed by atoms with Crippen LogP contribution in [0.15, 0.2) is 35.2 Å². The van der Waals surface area contributed by atoms with Crippen LogP contribution in [0.5, 0.6) is 0 Å². The van der Waals surface area contributed by atoms with Crippen molar-refractivity contribution >= 4 is 38.2 Å². The summed E-state index contributed by atoms with van der Waals surface area (Å²) in [5, 5.41) is 2.80. The van der Waals surface area contributed by atoms with Gasteiger partial charge in [0.05, 0.1) is 10.5 Å². The molecule has 2 aromatic rings. The Hall–Kier alpha value is -2.30. The van der Waals surface area contributed by atoms with E-state index in [2.05, 4.69) is 10.0 Å². The molecule has 2 amide bonds. The molecule has 1 aromatic carbocycles. The SMILES string of the molecule is CCC(NS(=O)(=O)c1ccc(F)cc1)C(=O)Nc1sc(C)cc1C(N)=O. The lowest BCUT2D eigenvalue weighted by molar-refractivity contribution is -0.117. The van der Waals surface area contributed by atoms with Crippen LogP contribution in [0.4, 0.5) is 9.39 Å². The average molecular weight is 399 g/mol. The van der Waals surface area contributed by atoms with Crippen molar-refractivity contribution in [3.05, 3.63) is 46.6 Å². The number of nitrogens with one attached hydrogen (secondary N) is 2. The number of nitrogens with two attached hydrogens (primary N) is 1. The molecule has 0 aliphatic heterocycles. The quantitative estimate of drug-likeness (QED) is 0.660. The van der Waals surface area contributed by atoms with Gasteiger partial charge >= 0.3 is 0 Å². The number of aryl methyl sites for hydroxylation is 1. The van der Waals surface area contributed by atoms with Gasteiger partial charge < -0.3 is 11.1 Å². The number of sulfonamides is 1. The number of benzene rings is 1. The van der Waals surface area contributed by atoms with E-state index in [1.165, 1.54) is 0 Å². The Balaban J connectivity index is 2.19. The van der Waals surface area contributed by atoms with E-state index >= 15 is 0 Å². The molecule has 0 fully saturated rings. The highest BCUT2D eigenvalue weighted by atomic mass is 32.2. The third-order valence-electron chi connectivity index (χ3n) is 3.50. The molecule has 4 N–H and O–H groups in total. The maximum atomic E-state index is 13.0. The monoisotopic (exact) mass is 399 g/mol. The lowest BCUT2D eigenvalue weighted by Gasteiger charge is -2.17. The second kappa shape index (κ2) is 7.94. The first-order valence-electron chi connectivity index (χ1n) is 7.63. The Kier molecular flexibility index (Phi) is 6.11. The van der Waals surface area contributed by atoms with E-state index in [9.17, 15) is 22.4 Å². The molecule has 10 heteroatoms. The van der Waals surface area contributed by atoms with E-state index in [0.29, 0.717) is 0 Å². The minimum absolute atomic E-state index is 0.157. The van der Waals surface area contributed by atoms with Crippen LogP contribution >= 0.6 is 11.3 Å². The molecule has 0 bridgehead atoms. The number of carbonyl (C=O) groups excluding carboxylic acids is 2. The van der Waals surface area contributed by atoms with Crippen LogP contribution in [-0.2, 0) is 14.8 Å². The van der Waals surface area contributed by atoms with Crippen molar-refractivity contribution in [1.82, 2.24) is 4.72 Å². The first-order valence-corrected chi connectivity index (χ1v) is 9.93. The third-order valence-corrected chi connectivity index (χ3v) is 5.96. The van der Waals surface area contributed by atoms with Gasteiger partial charge in [0, 0.05) is 4.88 Å². The minimum atomic E-state index is -4.01. The Morgan fingerprint density at radius 2 is 1.88 bits per heavy atom. The van der Waals surface area contributed by atoms with Crippen molar-refractivity contribution in [3.8, 4) is 0 Å². The maximum Gasteiger partial charge on any atom is 0.251 e. The van der Waals surface area contributed by atoms with E-state index in [1.807, 2.05) is 0 Å². The van der Waals surface area contributed by atoms with E-state index in [0.717, 1.165) is 40.5 Å². The van der Waals surface area contributed by atoms with Crippen LogP contribution in [0.3, 0.4) is 0 Å². The number of halogens is 1. The van der Waals surface area contributed by atoms with Gasteiger partial charge in [0.1, 0.15) is 16.9 Å². The van der Waals surface area contributed by atoms with Crippen LogP contribution in [0.25, 0.3) is 0 Å². The van der Waals surface area contributed by atoms with Gasteiger partial charge in [-0.3, -0.25) is 9.59 Å². The summed E-state index contributed by atoms with van der Waals surface area (Å²) in [7, 11) is -4.01. The summed E-state index contributed by atoms with van der Waals surface area (Å²) in [6.07, 6.45) is 0.169. The molecule has 0 aliphatic rings. The molecule has 1 heterocycles. The summed E-state index contributed by atoms with van der Waals surface area (Å²) in [6, 6.07) is 4.72. The van der Waals surface area contributed by atoms with Gasteiger partial charge in [-0.1, -0.05) is 6.92 Å². The van der Waals surface area contributed by atoms with E-state index < -0.39 is 33.7 Å². The summed E-state index contributed by atoms with van der Waals surface area (Å²) < 4.78 is 40.0. The summed E-state index contributed by atoms with van der Waals surface area (Å²) >= 11 is 1.16. The van der Waals surface area contributed by atoms with Crippen molar-refractivity contribution < 1.29 is 22.4 Å². The van der Waals surface area contributed by atoms with Crippen molar-refractivity contribution in [2.45, 2.75) is 31.2 Å². The van der Waals surface area contributed by atoms with Crippen molar-refractivity contribution in [2.75, 3.05) is 5.32 Å². The molecule has 2 rings (SSSR count). The number of amides is 2. The topological polar surface area (TPSA) is 118 Å². The molecule has 0 saturated heterocycles. The lowest BCUT2D eigenvalue weighted by atomic mass is 10.2. The molecule has 1 atom stereocenters. The first kappa shape index (κ1) is 20.0. The number of hydrogen-bond acceptors (Lipinski definition) is 5. The van der Waals surface area contributed by atoms with Crippen LogP contribution in [0, 0.1) is 12.7 Å². The minimum Gasteiger partial charge on any atom is -0.366 e. The molecule has 0 saturated carbocycles. The fourth-order valence-electron chi connectivity index (χ4n) is 2.18. The van der Waals surface area contributed by atoms with E-state index in [1.54, 1.807) is 19.9 Å². The molecule has 26 heavy (non-hydrogen) atoms. The predicted molar refractivity (Wildman–Crippen MR) is 97.0 cm³/mol. The van der Waals surface area contributed by atoms with Gasteiger partial charge in [-0.2, -0.15) is 4.72 Å².